The fraction of sp³-hybridized carbons (Fsp3) is 0.133. The molecule has 0 atom stereocenters. The quantitative estimate of drug-likeness (QED) is 0.704. The van der Waals surface area contributed by atoms with Crippen LogP contribution in [0, 0.1) is 0 Å². The molecule has 0 spiro atoms. The van der Waals surface area contributed by atoms with Crippen molar-refractivity contribution in [1.82, 2.24) is 19.7 Å². The van der Waals surface area contributed by atoms with Crippen LogP contribution in [0.4, 0.5) is 5.69 Å². The molecule has 0 aliphatic heterocycles. The molecule has 112 valence electrons. The van der Waals surface area contributed by atoms with Crippen LogP contribution in [-0.2, 0) is 11.3 Å². The first-order chi connectivity index (χ1) is 10.8. The van der Waals surface area contributed by atoms with Crippen molar-refractivity contribution in [3.8, 4) is 5.82 Å². The molecule has 0 bridgehead atoms. The Hall–Kier alpha value is -3.09. The normalized spacial score (nSPS) is 10.4. The van der Waals surface area contributed by atoms with Crippen LogP contribution in [0.15, 0.2) is 49.1 Å². The first-order valence-corrected chi connectivity index (χ1v) is 6.72. The second-order valence-corrected chi connectivity index (χ2v) is 4.59. The van der Waals surface area contributed by atoms with E-state index in [0.717, 1.165) is 17.1 Å². The lowest BCUT2D eigenvalue weighted by atomic mass is 10.3. The molecule has 0 aliphatic rings. The summed E-state index contributed by atoms with van der Waals surface area (Å²) < 4.78 is 6.36. The van der Waals surface area contributed by atoms with Crippen LogP contribution >= 0.6 is 0 Å². The van der Waals surface area contributed by atoms with Gasteiger partial charge in [-0.15, -0.1) is 0 Å². The summed E-state index contributed by atoms with van der Waals surface area (Å²) in [6.07, 6.45) is 7.02. The minimum Gasteiger partial charge on any atom is -0.464 e. The molecule has 0 fully saturated rings. The van der Waals surface area contributed by atoms with Crippen molar-refractivity contribution in [2.75, 3.05) is 12.4 Å². The van der Waals surface area contributed by atoms with Gasteiger partial charge >= 0.3 is 5.97 Å². The summed E-state index contributed by atoms with van der Waals surface area (Å²) in [5.74, 6) is 0.334. The zero-order chi connectivity index (χ0) is 15.4. The molecule has 3 heterocycles. The van der Waals surface area contributed by atoms with E-state index in [1.54, 1.807) is 29.3 Å². The maximum atomic E-state index is 11.4. The lowest BCUT2D eigenvalue weighted by molar-refractivity contribution is 0.0595. The fourth-order valence-corrected chi connectivity index (χ4v) is 2.08. The van der Waals surface area contributed by atoms with E-state index in [1.165, 1.54) is 7.11 Å². The topological polar surface area (TPSA) is 84.8 Å². The van der Waals surface area contributed by atoms with Gasteiger partial charge in [-0.1, -0.05) is 0 Å². The standard InChI is InChI=1S/C15H15N5O2/c1-22-15(21)13-8-11(10-18-13)9-17-12-4-2-5-16-14(12)20-7-3-6-19-20/h2-8,10,17-18H,9H2,1H3. The molecule has 0 unspecified atom stereocenters. The summed E-state index contributed by atoms with van der Waals surface area (Å²) in [5.41, 5.74) is 2.22. The number of methoxy groups -OCH3 is 1. The summed E-state index contributed by atoms with van der Waals surface area (Å²) in [6, 6.07) is 7.38. The SMILES string of the molecule is COC(=O)c1cc(CNc2cccnc2-n2cccn2)c[nH]1. The molecule has 3 aromatic rings. The molecule has 0 aromatic carbocycles. The Kier molecular flexibility index (Phi) is 3.86. The number of hydrogen-bond donors (Lipinski definition) is 2. The molecule has 7 heteroatoms. The number of carbonyl (C=O) groups excluding carboxylic acids is 1. The van der Waals surface area contributed by atoms with Crippen LogP contribution in [0.3, 0.4) is 0 Å². The minimum atomic E-state index is -0.384. The van der Waals surface area contributed by atoms with Gasteiger partial charge < -0.3 is 15.0 Å². The van der Waals surface area contributed by atoms with Crippen LogP contribution in [0.25, 0.3) is 5.82 Å². The van der Waals surface area contributed by atoms with Crippen LogP contribution in [0.5, 0.6) is 0 Å². The molecule has 0 saturated carbocycles. The summed E-state index contributed by atoms with van der Waals surface area (Å²) in [7, 11) is 1.35. The van der Waals surface area contributed by atoms with E-state index in [0.29, 0.717) is 12.2 Å². The highest BCUT2D eigenvalue weighted by molar-refractivity contribution is 5.87. The maximum Gasteiger partial charge on any atom is 0.354 e. The van der Waals surface area contributed by atoms with E-state index in [9.17, 15) is 4.79 Å². The predicted octanol–water partition coefficient (Wildman–Crippen LogP) is 1.99. The monoisotopic (exact) mass is 297 g/mol. The first-order valence-electron chi connectivity index (χ1n) is 6.72. The zero-order valence-electron chi connectivity index (χ0n) is 12.0. The number of nitrogens with zero attached hydrogens (tertiary/aromatic N) is 3. The maximum absolute atomic E-state index is 11.4. The molecule has 3 aromatic heterocycles. The van der Waals surface area contributed by atoms with E-state index in [1.807, 2.05) is 24.4 Å². The van der Waals surface area contributed by atoms with Crippen molar-refractivity contribution in [2.24, 2.45) is 0 Å². The van der Waals surface area contributed by atoms with Crippen LogP contribution in [-0.4, -0.2) is 32.8 Å². The van der Waals surface area contributed by atoms with Gasteiger partial charge in [-0.05, 0) is 29.8 Å². The number of hydrogen-bond acceptors (Lipinski definition) is 5. The summed E-state index contributed by atoms with van der Waals surface area (Å²) in [6.45, 7) is 0.549. The number of H-pyrrole nitrogens is 1. The highest BCUT2D eigenvalue weighted by Gasteiger charge is 2.09. The third-order valence-corrected chi connectivity index (χ3v) is 3.14. The Balaban J connectivity index is 1.75. The smallest absolute Gasteiger partial charge is 0.354 e. The van der Waals surface area contributed by atoms with Crippen molar-refractivity contribution in [2.45, 2.75) is 6.54 Å². The molecule has 0 radical (unpaired) electrons. The molecule has 3 rings (SSSR count). The van der Waals surface area contributed by atoms with Gasteiger partial charge in [-0.25, -0.2) is 14.5 Å². The van der Waals surface area contributed by atoms with Gasteiger partial charge in [0.2, 0.25) is 0 Å². The lowest BCUT2D eigenvalue weighted by Gasteiger charge is -2.10. The van der Waals surface area contributed by atoms with E-state index >= 15 is 0 Å². The van der Waals surface area contributed by atoms with Crippen molar-refractivity contribution < 1.29 is 9.53 Å². The number of aromatic nitrogens is 4. The van der Waals surface area contributed by atoms with E-state index in [2.05, 4.69) is 25.1 Å². The molecule has 2 N–H and O–H groups in total. The van der Waals surface area contributed by atoms with Gasteiger partial charge in [0.15, 0.2) is 5.82 Å². The fourth-order valence-electron chi connectivity index (χ4n) is 2.08. The average molecular weight is 297 g/mol. The Morgan fingerprint density at radius 3 is 3.09 bits per heavy atom. The largest absolute Gasteiger partial charge is 0.464 e. The Morgan fingerprint density at radius 1 is 1.41 bits per heavy atom. The highest BCUT2D eigenvalue weighted by atomic mass is 16.5. The average Bonchev–Trinajstić information content (AvgIpc) is 3.24. The number of nitrogens with one attached hydrogen (secondary N) is 2. The number of aromatic amines is 1. The number of carbonyl (C=O) groups is 1. The second kappa shape index (κ2) is 6.13. The van der Waals surface area contributed by atoms with E-state index in [-0.39, 0.29) is 5.97 Å². The van der Waals surface area contributed by atoms with Crippen LogP contribution in [0.1, 0.15) is 16.1 Å². The molecule has 7 nitrogen and oxygen atoms in total. The number of anilines is 1. The third-order valence-electron chi connectivity index (χ3n) is 3.14. The van der Waals surface area contributed by atoms with Gasteiger partial charge in [-0.3, -0.25) is 0 Å². The molecule has 0 saturated heterocycles. The summed E-state index contributed by atoms with van der Waals surface area (Å²) in [5, 5.41) is 7.48. The molecular formula is C15H15N5O2. The number of pyridine rings is 1. The van der Waals surface area contributed by atoms with Gasteiger partial charge in [0.05, 0.1) is 12.8 Å². The molecule has 0 amide bonds. The molecule has 22 heavy (non-hydrogen) atoms. The van der Waals surface area contributed by atoms with Crippen molar-refractivity contribution in [1.29, 1.82) is 0 Å². The third kappa shape index (κ3) is 2.83. The van der Waals surface area contributed by atoms with Crippen molar-refractivity contribution in [3.05, 3.63) is 60.3 Å². The van der Waals surface area contributed by atoms with Crippen LogP contribution < -0.4 is 5.32 Å². The van der Waals surface area contributed by atoms with E-state index < -0.39 is 0 Å². The van der Waals surface area contributed by atoms with Crippen molar-refractivity contribution in [3.63, 3.8) is 0 Å². The molecular weight excluding hydrogens is 282 g/mol. The number of rotatable bonds is 5. The summed E-state index contributed by atoms with van der Waals surface area (Å²) >= 11 is 0. The lowest BCUT2D eigenvalue weighted by Crippen LogP contribution is -2.06. The predicted molar refractivity (Wildman–Crippen MR) is 80.8 cm³/mol. The molecule has 0 aliphatic carbocycles. The van der Waals surface area contributed by atoms with Gasteiger partial charge in [0.1, 0.15) is 5.69 Å². The van der Waals surface area contributed by atoms with Gasteiger partial charge in [-0.2, -0.15) is 5.10 Å². The Bertz CT molecular complexity index is 764. The zero-order valence-corrected chi connectivity index (χ0v) is 12.0. The highest BCUT2D eigenvalue weighted by Crippen LogP contribution is 2.17. The van der Waals surface area contributed by atoms with Gasteiger partial charge in [0, 0.05) is 31.3 Å². The number of ether oxygens (including phenoxy) is 1. The van der Waals surface area contributed by atoms with Gasteiger partial charge in [0.25, 0.3) is 0 Å². The van der Waals surface area contributed by atoms with E-state index in [4.69, 9.17) is 0 Å². The Labute approximate surface area is 127 Å². The second-order valence-electron chi connectivity index (χ2n) is 4.59. The van der Waals surface area contributed by atoms with Crippen molar-refractivity contribution >= 4 is 11.7 Å². The Morgan fingerprint density at radius 2 is 2.32 bits per heavy atom. The minimum absolute atomic E-state index is 0.384. The first kappa shape index (κ1) is 13.9. The van der Waals surface area contributed by atoms with Crippen LogP contribution in [0.2, 0.25) is 0 Å². The number of esters is 1. The summed E-state index contributed by atoms with van der Waals surface area (Å²) in [4.78, 5) is 18.6.